The molecule has 0 spiro atoms. The van der Waals surface area contributed by atoms with Crippen molar-refractivity contribution in [2.24, 2.45) is 7.05 Å². The minimum atomic E-state index is -0.587. The molecule has 2 N–H and O–H groups in total. The number of rotatable bonds is 3. The van der Waals surface area contributed by atoms with Crippen LogP contribution in [0, 0.1) is 6.92 Å². The van der Waals surface area contributed by atoms with Crippen molar-refractivity contribution in [3.8, 4) is 0 Å². The summed E-state index contributed by atoms with van der Waals surface area (Å²) in [5.41, 5.74) is 3.11. The highest BCUT2D eigenvalue weighted by Gasteiger charge is 2.17. The van der Waals surface area contributed by atoms with Gasteiger partial charge in [0, 0.05) is 42.2 Å². The minimum Gasteiger partial charge on any atom is -0.396 e. The number of aliphatic hydroxyl groups excluding tert-OH is 2. The number of fused-ring (bicyclic) bond motifs is 1. The first kappa shape index (κ1) is 11.2. The van der Waals surface area contributed by atoms with Crippen molar-refractivity contribution in [1.29, 1.82) is 0 Å². The summed E-state index contributed by atoms with van der Waals surface area (Å²) < 4.78 is 2.07. The van der Waals surface area contributed by atoms with Gasteiger partial charge in [0.15, 0.2) is 0 Å². The number of aromatic nitrogens is 1. The van der Waals surface area contributed by atoms with Gasteiger partial charge in [-0.3, -0.25) is 0 Å². The Kier molecular flexibility index (Phi) is 2.99. The molecule has 0 bridgehead atoms. The average Bonchev–Trinajstić information content (AvgIpc) is 2.53. The monoisotopic (exact) mass is 219 g/mol. The van der Waals surface area contributed by atoms with E-state index in [-0.39, 0.29) is 6.61 Å². The van der Waals surface area contributed by atoms with Crippen molar-refractivity contribution in [3.63, 3.8) is 0 Å². The predicted molar refractivity (Wildman–Crippen MR) is 64.3 cm³/mol. The third-order valence-electron chi connectivity index (χ3n) is 3.18. The zero-order valence-electron chi connectivity index (χ0n) is 9.64. The first-order valence-electron chi connectivity index (χ1n) is 5.49. The number of aliphatic hydroxyl groups is 2. The molecule has 1 atom stereocenters. The molecule has 16 heavy (non-hydrogen) atoms. The van der Waals surface area contributed by atoms with Gasteiger partial charge in [0.2, 0.25) is 0 Å². The maximum atomic E-state index is 10.0. The molecule has 3 heteroatoms. The van der Waals surface area contributed by atoms with Crippen LogP contribution in [-0.2, 0) is 7.05 Å². The maximum absolute atomic E-state index is 10.0. The first-order chi connectivity index (χ1) is 7.66. The molecule has 0 aliphatic carbocycles. The molecule has 3 nitrogen and oxygen atoms in total. The molecule has 2 aromatic rings. The molecule has 0 aliphatic heterocycles. The lowest BCUT2D eigenvalue weighted by molar-refractivity contribution is 0.135. The van der Waals surface area contributed by atoms with Crippen molar-refractivity contribution < 1.29 is 10.2 Å². The maximum Gasteiger partial charge on any atom is 0.0835 e. The lowest BCUT2D eigenvalue weighted by Crippen LogP contribution is -2.02. The van der Waals surface area contributed by atoms with Gasteiger partial charge in [0.25, 0.3) is 0 Å². The molecule has 1 unspecified atom stereocenters. The molecule has 86 valence electrons. The highest BCUT2D eigenvalue weighted by Crippen LogP contribution is 2.31. The Balaban J connectivity index is 2.64. The van der Waals surface area contributed by atoms with E-state index in [0.717, 1.165) is 22.2 Å². The summed E-state index contributed by atoms with van der Waals surface area (Å²) >= 11 is 0. The number of benzene rings is 1. The number of nitrogens with zero attached hydrogens (tertiary/aromatic N) is 1. The molecule has 0 amide bonds. The van der Waals surface area contributed by atoms with E-state index in [1.165, 1.54) is 0 Å². The van der Waals surface area contributed by atoms with Crippen molar-refractivity contribution in [3.05, 3.63) is 35.5 Å². The molecule has 0 fully saturated rings. The number of hydrogen-bond acceptors (Lipinski definition) is 2. The third kappa shape index (κ3) is 1.62. The van der Waals surface area contributed by atoms with Crippen LogP contribution < -0.4 is 0 Å². The van der Waals surface area contributed by atoms with Crippen molar-refractivity contribution in [2.45, 2.75) is 19.4 Å². The number of hydrogen-bond donors (Lipinski definition) is 2. The summed E-state index contributed by atoms with van der Waals surface area (Å²) in [5, 5.41) is 20.0. The van der Waals surface area contributed by atoms with Crippen LogP contribution in [-0.4, -0.2) is 21.4 Å². The molecule has 0 aliphatic rings. The molecule has 1 aromatic carbocycles. The fraction of sp³-hybridized carbons (Fsp3) is 0.385. The van der Waals surface area contributed by atoms with Crippen LogP contribution in [0.25, 0.3) is 10.9 Å². The highest BCUT2D eigenvalue weighted by atomic mass is 16.3. The molecule has 0 saturated carbocycles. The quantitative estimate of drug-likeness (QED) is 0.828. The van der Waals surface area contributed by atoms with Gasteiger partial charge < -0.3 is 14.8 Å². The van der Waals surface area contributed by atoms with Gasteiger partial charge >= 0.3 is 0 Å². The summed E-state index contributed by atoms with van der Waals surface area (Å²) in [4.78, 5) is 0. The second kappa shape index (κ2) is 4.28. The van der Waals surface area contributed by atoms with Gasteiger partial charge in [-0.1, -0.05) is 18.2 Å². The van der Waals surface area contributed by atoms with E-state index < -0.39 is 6.10 Å². The Morgan fingerprint density at radius 3 is 2.69 bits per heavy atom. The van der Waals surface area contributed by atoms with Crippen molar-refractivity contribution in [1.82, 2.24) is 4.57 Å². The Labute approximate surface area is 94.9 Å². The Morgan fingerprint density at radius 2 is 2.00 bits per heavy atom. The zero-order valence-corrected chi connectivity index (χ0v) is 9.64. The van der Waals surface area contributed by atoms with Gasteiger partial charge in [-0.15, -0.1) is 0 Å². The standard InChI is InChI=1S/C13H17NO2/c1-9-13(12(16)7-8-15)10-5-3-4-6-11(10)14(9)2/h3-6,12,15-16H,7-8H2,1-2H3. The fourth-order valence-corrected chi connectivity index (χ4v) is 2.24. The van der Waals surface area contributed by atoms with Crippen LogP contribution in [0.2, 0.25) is 0 Å². The molecule has 0 saturated heterocycles. The Hall–Kier alpha value is -1.32. The summed E-state index contributed by atoms with van der Waals surface area (Å²) in [5.74, 6) is 0. The molecular weight excluding hydrogens is 202 g/mol. The van der Waals surface area contributed by atoms with E-state index in [9.17, 15) is 5.11 Å². The van der Waals surface area contributed by atoms with E-state index in [4.69, 9.17) is 5.11 Å². The van der Waals surface area contributed by atoms with Crippen molar-refractivity contribution in [2.75, 3.05) is 6.61 Å². The molecular formula is C13H17NO2. The van der Waals surface area contributed by atoms with E-state index in [1.54, 1.807) is 0 Å². The van der Waals surface area contributed by atoms with E-state index in [1.807, 2.05) is 38.2 Å². The highest BCUT2D eigenvalue weighted by molar-refractivity contribution is 5.85. The fourth-order valence-electron chi connectivity index (χ4n) is 2.24. The van der Waals surface area contributed by atoms with Crippen LogP contribution in [0.5, 0.6) is 0 Å². The normalized spacial score (nSPS) is 13.2. The second-order valence-corrected chi connectivity index (χ2v) is 4.10. The van der Waals surface area contributed by atoms with E-state index >= 15 is 0 Å². The van der Waals surface area contributed by atoms with Gasteiger partial charge in [-0.05, 0) is 13.0 Å². The van der Waals surface area contributed by atoms with Crippen LogP contribution in [0.15, 0.2) is 24.3 Å². The molecule has 2 rings (SSSR count). The van der Waals surface area contributed by atoms with Gasteiger partial charge in [0.1, 0.15) is 0 Å². The molecule has 1 heterocycles. The minimum absolute atomic E-state index is 0.00380. The number of para-hydroxylation sites is 1. The summed E-state index contributed by atoms with van der Waals surface area (Å²) in [6.07, 6.45) is -0.203. The number of aryl methyl sites for hydroxylation is 1. The second-order valence-electron chi connectivity index (χ2n) is 4.10. The topological polar surface area (TPSA) is 45.4 Å². The van der Waals surface area contributed by atoms with Crippen molar-refractivity contribution >= 4 is 10.9 Å². The largest absolute Gasteiger partial charge is 0.396 e. The molecule has 1 aromatic heterocycles. The van der Waals surface area contributed by atoms with Crippen LogP contribution in [0.4, 0.5) is 0 Å². The van der Waals surface area contributed by atoms with Crippen LogP contribution >= 0.6 is 0 Å². The third-order valence-corrected chi connectivity index (χ3v) is 3.18. The molecule has 0 radical (unpaired) electrons. The van der Waals surface area contributed by atoms with Gasteiger partial charge in [0.05, 0.1) is 6.10 Å². The SMILES string of the molecule is Cc1c(C(O)CCO)c2ccccc2n1C. The van der Waals surface area contributed by atoms with E-state index in [0.29, 0.717) is 6.42 Å². The van der Waals surface area contributed by atoms with E-state index in [2.05, 4.69) is 4.57 Å². The predicted octanol–water partition coefficient (Wildman–Crippen LogP) is 1.90. The van der Waals surface area contributed by atoms with Crippen LogP contribution in [0.3, 0.4) is 0 Å². The summed E-state index contributed by atoms with van der Waals surface area (Å²) in [7, 11) is 1.99. The van der Waals surface area contributed by atoms with Gasteiger partial charge in [-0.2, -0.15) is 0 Å². The van der Waals surface area contributed by atoms with Gasteiger partial charge in [-0.25, -0.2) is 0 Å². The average molecular weight is 219 g/mol. The summed E-state index contributed by atoms with van der Waals surface area (Å²) in [6.45, 7) is 2.00. The van der Waals surface area contributed by atoms with Crippen LogP contribution in [0.1, 0.15) is 23.8 Å². The lowest BCUT2D eigenvalue weighted by atomic mass is 10.0. The summed E-state index contributed by atoms with van der Waals surface area (Å²) in [6, 6.07) is 8.01. The Morgan fingerprint density at radius 1 is 1.31 bits per heavy atom. The first-order valence-corrected chi connectivity index (χ1v) is 5.49. The zero-order chi connectivity index (χ0) is 11.7. The smallest absolute Gasteiger partial charge is 0.0835 e. The lowest BCUT2D eigenvalue weighted by Gasteiger charge is -2.09. The Bertz CT molecular complexity index is 502.